The highest BCUT2D eigenvalue weighted by molar-refractivity contribution is 14.0. The SMILES string of the molecule is Cc1nc(CN=C(N)N2CCCC(C)C2)sc1C.I. The average molecular weight is 394 g/mol. The summed E-state index contributed by atoms with van der Waals surface area (Å²) in [6.45, 7) is 9.08. The minimum atomic E-state index is 0. The quantitative estimate of drug-likeness (QED) is 0.477. The summed E-state index contributed by atoms with van der Waals surface area (Å²) in [5, 5.41) is 1.05. The molecule has 1 aromatic rings. The second-order valence-corrected chi connectivity index (χ2v) is 6.40. The van der Waals surface area contributed by atoms with Crippen LogP contribution >= 0.6 is 35.3 Å². The predicted molar refractivity (Wildman–Crippen MR) is 92.3 cm³/mol. The number of nitrogens with two attached hydrogens (primary N) is 1. The maximum absolute atomic E-state index is 6.06. The normalized spacial score (nSPS) is 20.3. The predicted octanol–water partition coefficient (Wildman–Crippen LogP) is 2.92. The Hall–Kier alpha value is -0.370. The third-order valence-electron chi connectivity index (χ3n) is 3.43. The van der Waals surface area contributed by atoms with E-state index in [1.807, 2.05) is 6.92 Å². The van der Waals surface area contributed by atoms with Gasteiger partial charge in [-0.15, -0.1) is 35.3 Å². The molecule has 0 aliphatic carbocycles. The Morgan fingerprint density at radius 1 is 1.53 bits per heavy atom. The molecule has 0 aromatic carbocycles. The van der Waals surface area contributed by atoms with Crippen molar-refractivity contribution in [3.8, 4) is 0 Å². The van der Waals surface area contributed by atoms with Crippen LogP contribution in [0.1, 0.15) is 35.3 Å². The van der Waals surface area contributed by atoms with Gasteiger partial charge in [0.2, 0.25) is 0 Å². The summed E-state index contributed by atoms with van der Waals surface area (Å²) in [6.07, 6.45) is 2.52. The van der Waals surface area contributed by atoms with E-state index < -0.39 is 0 Å². The van der Waals surface area contributed by atoms with Crippen LogP contribution in [0.15, 0.2) is 4.99 Å². The minimum absolute atomic E-state index is 0. The van der Waals surface area contributed by atoms with Gasteiger partial charge in [-0.2, -0.15) is 0 Å². The molecule has 0 bridgehead atoms. The number of nitrogens with zero attached hydrogens (tertiary/aromatic N) is 3. The lowest BCUT2D eigenvalue weighted by atomic mass is 10.0. The van der Waals surface area contributed by atoms with Gasteiger partial charge in [0.15, 0.2) is 5.96 Å². The number of aliphatic imine (C=N–C) groups is 1. The maximum atomic E-state index is 6.06. The zero-order chi connectivity index (χ0) is 13.1. The first-order valence-electron chi connectivity index (χ1n) is 6.54. The fourth-order valence-electron chi connectivity index (χ4n) is 2.25. The fraction of sp³-hybridized carbons (Fsp3) is 0.692. The first kappa shape index (κ1) is 16.7. The number of piperidine rings is 1. The summed E-state index contributed by atoms with van der Waals surface area (Å²) in [5.41, 5.74) is 7.16. The van der Waals surface area contributed by atoms with Gasteiger partial charge in [0.1, 0.15) is 5.01 Å². The lowest BCUT2D eigenvalue weighted by molar-refractivity contribution is 0.270. The minimum Gasteiger partial charge on any atom is -0.370 e. The first-order valence-corrected chi connectivity index (χ1v) is 7.35. The van der Waals surface area contributed by atoms with E-state index in [4.69, 9.17) is 5.73 Å². The number of thiazole rings is 1. The van der Waals surface area contributed by atoms with E-state index in [0.717, 1.165) is 29.7 Å². The number of hydrogen-bond donors (Lipinski definition) is 1. The molecule has 6 heteroatoms. The van der Waals surface area contributed by atoms with E-state index in [1.165, 1.54) is 17.7 Å². The number of aromatic nitrogens is 1. The van der Waals surface area contributed by atoms with Crippen LogP contribution in [0.5, 0.6) is 0 Å². The molecule has 0 saturated carbocycles. The van der Waals surface area contributed by atoms with Crippen LogP contribution in [-0.2, 0) is 6.54 Å². The monoisotopic (exact) mass is 394 g/mol. The van der Waals surface area contributed by atoms with Crippen molar-refractivity contribution in [1.82, 2.24) is 9.88 Å². The van der Waals surface area contributed by atoms with Crippen LogP contribution in [0, 0.1) is 19.8 Å². The van der Waals surface area contributed by atoms with Gasteiger partial charge >= 0.3 is 0 Å². The highest BCUT2D eigenvalue weighted by atomic mass is 127. The molecule has 4 nitrogen and oxygen atoms in total. The fourth-order valence-corrected chi connectivity index (χ4v) is 3.11. The molecule has 2 N–H and O–H groups in total. The van der Waals surface area contributed by atoms with Crippen LogP contribution in [-0.4, -0.2) is 28.9 Å². The molecule has 1 aliphatic rings. The molecule has 1 atom stereocenters. The largest absolute Gasteiger partial charge is 0.370 e. The second-order valence-electron chi connectivity index (χ2n) is 5.12. The summed E-state index contributed by atoms with van der Waals surface area (Å²) in [5.74, 6) is 1.39. The van der Waals surface area contributed by atoms with Crippen molar-refractivity contribution >= 4 is 41.3 Å². The molecule has 0 amide bonds. The molecule has 1 fully saturated rings. The van der Waals surface area contributed by atoms with Crippen LogP contribution < -0.4 is 5.73 Å². The molecule has 2 heterocycles. The van der Waals surface area contributed by atoms with Crippen molar-refractivity contribution in [1.29, 1.82) is 0 Å². The highest BCUT2D eigenvalue weighted by Crippen LogP contribution is 2.18. The van der Waals surface area contributed by atoms with Gasteiger partial charge in [-0.1, -0.05) is 6.92 Å². The van der Waals surface area contributed by atoms with Crippen molar-refractivity contribution in [2.75, 3.05) is 13.1 Å². The number of halogens is 1. The van der Waals surface area contributed by atoms with E-state index in [-0.39, 0.29) is 24.0 Å². The molecule has 19 heavy (non-hydrogen) atoms. The van der Waals surface area contributed by atoms with Crippen molar-refractivity contribution in [2.45, 2.75) is 40.2 Å². The molecule has 1 unspecified atom stereocenters. The van der Waals surface area contributed by atoms with Crippen molar-refractivity contribution in [3.63, 3.8) is 0 Å². The number of guanidine groups is 1. The molecular weight excluding hydrogens is 371 g/mol. The van der Waals surface area contributed by atoms with E-state index in [2.05, 4.69) is 28.7 Å². The first-order chi connectivity index (χ1) is 8.56. The lowest BCUT2D eigenvalue weighted by Crippen LogP contribution is -2.43. The zero-order valence-electron chi connectivity index (χ0n) is 11.8. The molecule has 1 aliphatic heterocycles. The molecule has 108 valence electrons. The Morgan fingerprint density at radius 3 is 2.84 bits per heavy atom. The van der Waals surface area contributed by atoms with Crippen LogP contribution in [0.4, 0.5) is 0 Å². The number of likely N-dealkylation sites (tertiary alicyclic amines) is 1. The summed E-state index contributed by atoms with van der Waals surface area (Å²) >= 11 is 1.71. The molecule has 0 spiro atoms. The topological polar surface area (TPSA) is 54.5 Å². The van der Waals surface area contributed by atoms with E-state index in [1.54, 1.807) is 11.3 Å². The van der Waals surface area contributed by atoms with Gasteiger partial charge in [-0.3, -0.25) is 0 Å². The van der Waals surface area contributed by atoms with E-state index in [9.17, 15) is 0 Å². The van der Waals surface area contributed by atoms with Crippen LogP contribution in [0.3, 0.4) is 0 Å². The molecule has 1 saturated heterocycles. The maximum Gasteiger partial charge on any atom is 0.191 e. The zero-order valence-corrected chi connectivity index (χ0v) is 15.0. The van der Waals surface area contributed by atoms with Crippen LogP contribution in [0.25, 0.3) is 0 Å². The summed E-state index contributed by atoms with van der Waals surface area (Å²) in [7, 11) is 0. The van der Waals surface area contributed by atoms with Gasteiger partial charge in [-0.25, -0.2) is 9.98 Å². The molecular formula is C13H23IN4S. The Balaban J connectivity index is 0.00000180. The molecule has 2 rings (SSSR count). The Labute approximate surface area is 136 Å². The van der Waals surface area contributed by atoms with Gasteiger partial charge < -0.3 is 10.6 Å². The van der Waals surface area contributed by atoms with Crippen molar-refractivity contribution < 1.29 is 0 Å². The number of hydrogen-bond acceptors (Lipinski definition) is 3. The average Bonchev–Trinajstić information content (AvgIpc) is 2.66. The summed E-state index contributed by atoms with van der Waals surface area (Å²) in [6, 6.07) is 0. The van der Waals surface area contributed by atoms with Gasteiger partial charge in [0.05, 0.1) is 12.2 Å². The van der Waals surface area contributed by atoms with Crippen LogP contribution in [0.2, 0.25) is 0 Å². The molecule has 0 radical (unpaired) electrons. The van der Waals surface area contributed by atoms with Gasteiger partial charge in [-0.05, 0) is 32.6 Å². The summed E-state index contributed by atoms with van der Waals surface area (Å²) in [4.78, 5) is 12.4. The number of rotatable bonds is 2. The third-order valence-corrected chi connectivity index (χ3v) is 4.49. The molecule has 1 aromatic heterocycles. The Kier molecular flexibility index (Phi) is 6.52. The third kappa shape index (κ3) is 4.59. The number of aryl methyl sites for hydroxylation is 2. The van der Waals surface area contributed by atoms with Gasteiger partial charge in [0, 0.05) is 18.0 Å². The lowest BCUT2D eigenvalue weighted by Gasteiger charge is -2.31. The van der Waals surface area contributed by atoms with Gasteiger partial charge in [0.25, 0.3) is 0 Å². The summed E-state index contributed by atoms with van der Waals surface area (Å²) < 4.78 is 0. The highest BCUT2D eigenvalue weighted by Gasteiger charge is 2.17. The van der Waals surface area contributed by atoms with E-state index in [0.29, 0.717) is 12.5 Å². The van der Waals surface area contributed by atoms with Crippen molar-refractivity contribution in [3.05, 3.63) is 15.6 Å². The Bertz CT molecular complexity index is 424. The standard InChI is InChI=1S/C13H22N4S.HI/c1-9-5-4-6-17(8-9)13(14)15-7-12-16-10(2)11(3)18-12;/h9H,4-8H2,1-3H3,(H2,14,15);1H. The Morgan fingerprint density at radius 2 is 2.26 bits per heavy atom. The van der Waals surface area contributed by atoms with Crippen molar-refractivity contribution in [2.24, 2.45) is 16.6 Å². The second kappa shape index (κ2) is 7.42. The smallest absolute Gasteiger partial charge is 0.191 e. The van der Waals surface area contributed by atoms with E-state index >= 15 is 0 Å².